The van der Waals surface area contributed by atoms with Gasteiger partial charge in [-0.05, 0) is 19.2 Å². The molecule has 1 aromatic carbocycles. The van der Waals surface area contributed by atoms with E-state index in [-0.39, 0.29) is 24.9 Å². The van der Waals surface area contributed by atoms with Crippen LogP contribution < -0.4 is 10.6 Å². The number of nitrogens with zero attached hydrogens (tertiary/aromatic N) is 1. The van der Waals surface area contributed by atoms with Gasteiger partial charge in [-0.3, -0.25) is 14.5 Å². The van der Waals surface area contributed by atoms with Crippen molar-refractivity contribution in [2.24, 2.45) is 0 Å². The van der Waals surface area contributed by atoms with Crippen LogP contribution in [0.1, 0.15) is 0 Å². The Morgan fingerprint density at radius 2 is 1.60 bits per heavy atom. The van der Waals surface area contributed by atoms with Crippen molar-refractivity contribution < 1.29 is 9.59 Å². The summed E-state index contributed by atoms with van der Waals surface area (Å²) in [5.41, 5.74) is 0.374. The number of anilines is 1. The lowest BCUT2D eigenvalue weighted by molar-refractivity contribution is -0.122. The van der Waals surface area contributed by atoms with Gasteiger partial charge in [-0.25, -0.2) is 0 Å². The highest BCUT2D eigenvalue weighted by Crippen LogP contribution is 2.32. The maximum atomic E-state index is 11.8. The zero-order chi connectivity index (χ0) is 15.3. The van der Waals surface area contributed by atoms with Gasteiger partial charge in [-0.1, -0.05) is 34.8 Å². The van der Waals surface area contributed by atoms with E-state index in [1.54, 1.807) is 11.9 Å². The van der Waals surface area contributed by atoms with Gasteiger partial charge >= 0.3 is 0 Å². The second-order valence-corrected chi connectivity index (χ2v) is 5.36. The average Bonchev–Trinajstić information content (AvgIpc) is 2.35. The highest BCUT2D eigenvalue weighted by Gasteiger charge is 2.12. The van der Waals surface area contributed by atoms with Crippen molar-refractivity contribution in [3.05, 3.63) is 27.2 Å². The molecule has 2 amide bonds. The maximum absolute atomic E-state index is 11.8. The molecule has 0 aliphatic rings. The first-order valence-electron chi connectivity index (χ1n) is 5.67. The summed E-state index contributed by atoms with van der Waals surface area (Å²) >= 11 is 17.6. The summed E-state index contributed by atoms with van der Waals surface area (Å²) in [6, 6.07) is 2.93. The number of halogens is 3. The number of amides is 2. The third-order valence-electron chi connectivity index (χ3n) is 2.39. The third kappa shape index (κ3) is 5.17. The van der Waals surface area contributed by atoms with E-state index in [1.165, 1.54) is 19.2 Å². The smallest absolute Gasteiger partial charge is 0.238 e. The van der Waals surface area contributed by atoms with Crippen molar-refractivity contribution in [2.75, 3.05) is 32.5 Å². The second kappa shape index (κ2) is 7.69. The fraction of sp³-hybridized carbons (Fsp3) is 0.333. The number of nitrogens with one attached hydrogen (secondary N) is 2. The molecule has 0 saturated carbocycles. The van der Waals surface area contributed by atoms with Gasteiger partial charge in [0.15, 0.2) is 0 Å². The number of hydrogen-bond donors (Lipinski definition) is 2. The molecule has 8 heteroatoms. The number of benzene rings is 1. The Labute approximate surface area is 132 Å². The summed E-state index contributed by atoms with van der Waals surface area (Å²) in [7, 11) is 3.19. The van der Waals surface area contributed by atoms with Crippen LogP contribution in [-0.2, 0) is 9.59 Å². The molecular formula is C12H14Cl3N3O2. The SMILES string of the molecule is CNC(=O)CN(C)CC(=O)Nc1cc(Cl)c(Cl)cc1Cl. The van der Waals surface area contributed by atoms with Crippen LogP contribution in [0.3, 0.4) is 0 Å². The summed E-state index contributed by atoms with van der Waals surface area (Å²) in [6.07, 6.45) is 0. The molecule has 0 aromatic heterocycles. The van der Waals surface area contributed by atoms with Gasteiger partial charge in [0.25, 0.3) is 0 Å². The Morgan fingerprint density at radius 3 is 2.20 bits per heavy atom. The molecule has 0 radical (unpaired) electrons. The van der Waals surface area contributed by atoms with E-state index in [0.717, 1.165) is 0 Å². The lowest BCUT2D eigenvalue weighted by Crippen LogP contribution is -2.37. The summed E-state index contributed by atoms with van der Waals surface area (Å²) < 4.78 is 0. The van der Waals surface area contributed by atoms with E-state index < -0.39 is 0 Å². The van der Waals surface area contributed by atoms with Gasteiger partial charge in [0, 0.05) is 7.05 Å². The molecule has 1 aromatic rings. The van der Waals surface area contributed by atoms with E-state index in [4.69, 9.17) is 34.8 Å². The summed E-state index contributed by atoms with van der Waals surface area (Å²) in [4.78, 5) is 24.6. The van der Waals surface area contributed by atoms with Crippen LogP contribution >= 0.6 is 34.8 Å². The molecule has 2 N–H and O–H groups in total. The minimum Gasteiger partial charge on any atom is -0.358 e. The van der Waals surface area contributed by atoms with Crippen LogP contribution in [0.4, 0.5) is 5.69 Å². The zero-order valence-electron chi connectivity index (χ0n) is 11.0. The second-order valence-electron chi connectivity index (χ2n) is 4.14. The number of rotatable bonds is 5. The Kier molecular flexibility index (Phi) is 6.55. The fourth-order valence-corrected chi connectivity index (χ4v) is 2.03. The third-order valence-corrected chi connectivity index (χ3v) is 3.42. The number of likely N-dealkylation sites (N-methyl/N-ethyl adjacent to an activating group) is 2. The zero-order valence-corrected chi connectivity index (χ0v) is 13.2. The molecular weight excluding hydrogens is 325 g/mol. The predicted molar refractivity (Wildman–Crippen MR) is 81.7 cm³/mol. The Hall–Kier alpha value is -1.01. The number of hydrogen-bond acceptors (Lipinski definition) is 3. The fourth-order valence-electron chi connectivity index (χ4n) is 1.43. The molecule has 1 rings (SSSR count). The lowest BCUT2D eigenvalue weighted by atomic mass is 10.3. The van der Waals surface area contributed by atoms with Gasteiger partial charge in [0.1, 0.15) is 0 Å². The summed E-state index contributed by atoms with van der Waals surface area (Å²) in [5.74, 6) is -0.482. The van der Waals surface area contributed by atoms with Crippen molar-refractivity contribution in [3.63, 3.8) is 0 Å². The van der Waals surface area contributed by atoms with Crippen molar-refractivity contribution in [3.8, 4) is 0 Å². The van der Waals surface area contributed by atoms with E-state index >= 15 is 0 Å². The molecule has 0 unspecified atom stereocenters. The standard InChI is InChI=1S/C12H14Cl3N3O2/c1-16-11(19)5-18(2)6-12(20)17-10-4-8(14)7(13)3-9(10)15/h3-4H,5-6H2,1-2H3,(H,16,19)(H,17,20). The minimum atomic E-state index is -0.309. The van der Waals surface area contributed by atoms with Gasteiger partial charge in [0.05, 0.1) is 33.8 Å². The van der Waals surface area contributed by atoms with E-state index in [0.29, 0.717) is 20.8 Å². The molecule has 0 aliphatic heterocycles. The molecule has 0 spiro atoms. The van der Waals surface area contributed by atoms with Crippen LogP contribution in [0.2, 0.25) is 15.1 Å². The van der Waals surface area contributed by atoms with Crippen molar-refractivity contribution in [2.45, 2.75) is 0 Å². The van der Waals surface area contributed by atoms with Gasteiger partial charge < -0.3 is 10.6 Å². The van der Waals surface area contributed by atoms with Gasteiger partial charge in [-0.15, -0.1) is 0 Å². The van der Waals surface area contributed by atoms with Gasteiger partial charge in [0.2, 0.25) is 11.8 Å². The molecule has 5 nitrogen and oxygen atoms in total. The summed E-state index contributed by atoms with van der Waals surface area (Å²) in [5, 5.41) is 5.99. The monoisotopic (exact) mass is 337 g/mol. The molecule has 0 saturated heterocycles. The normalized spacial score (nSPS) is 10.5. The highest BCUT2D eigenvalue weighted by molar-refractivity contribution is 6.44. The van der Waals surface area contributed by atoms with Gasteiger partial charge in [-0.2, -0.15) is 0 Å². The maximum Gasteiger partial charge on any atom is 0.238 e. The number of carbonyl (C=O) groups excluding carboxylic acids is 2. The highest BCUT2D eigenvalue weighted by atomic mass is 35.5. The molecule has 0 heterocycles. The molecule has 0 bridgehead atoms. The quantitative estimate of drug-likeness (QED) is 0.810. The molecule has 110 valence electrons. The first kappa shape index (κ1) is 17.0. The Morgan fingerprint density at radius 1 is 1.05 bits per heavy atom. The van der Waals surface area contributed by atoms with Crippen LogP contribution in [-0.4, -0.2) is 43.9 Å². The lowest BCUT2D eigenvalue weighted by Gasteiger charge is -2.15. The Bertz CT molecular complexity index is 523. The van der Waals surface area contributed by atoms with E-state index in [1.807, 2.05) is 0 Å². The van der Waals surface area contributed by atoms with Crippen molar-refractivity contribution in [1.82, 2.24) is 10.2 Å². The Balaban J connectivity index is 2.63. The van der Waals surface area contributed by atoms with Crippen LogP contribution in [0.25, 0.3) is 0 Å². The van der Waals surface area contributed by atoms with Crippen molar-refractivity contribution >= 4 is 52.3 Å². The predicted octanol–water partition coefficient (Wildman–Crippen LogP) is 2.26. The number of carbonyl (C=O) groups is 2. The van der Waals surface area contributed by atoms with Crippen LogP contribution in [0.5, 0.6) is 0 Å². The first-order valence-corrected chi connectivity index (χ1v) is 6.80. The largest absolute Gasteiger partial charge is 0.358 e. The van der Waals surface area contributed by atoms with Crippen LogP contribution in [0, 0.1) is 0 Å². The van der Waals surface area contributed by atoms with E-state index in [2.05, 4.69) is 10.6 Å². The topological polar surface area (TPSA) is 61.4 Å². The average molecular weight is 339 g/mol. The molecule has 0 fully saturated rings. The summed E-state index contributed by atoms with van der Waals surface area (Å²) in [6.45, 7) is 0.170. The van der Waals surface area contributed by atoms with Crippen LogP contribution in [0.15, 0.2) is 12.1 Å². The first-order chi connectivity index (χ1) is 9.33. The van der Waals surface area contributed by atoms with E-state index in [9.17, 15) is 9.59 Å². The molecule has 0 aliphatic carbocycles. The van der Waals surface area contributed by atoms with Crippen molar-refractivity contribution in [1.29, 1.82) is 0 Å². The molecule has 20 heavy (non-hydrogen) atoms. The minimum absolute atomic E-state index is 0.0456. The molecule has 0 atom stereocenters.